The second-order valence-corrected chi connectivity index (χ2v) is 7.37. The van der Waals surface area contributed by atoms with E-state index < -0.39 is 17.7 Å². The van der Waals surface area contributed by atoms with E-state index in [0.29, 0.717) is 12.1 Å². The van der Waals surface area contributed by atoms with Crippen molar-refractivity contribution < 1.29 is 27.6 Å². The Labute approximate surface area is 171 Å². The van der Waals surface area contributed by atoms with E-state index >= 15 is 0 Å². The fourth-order valence-corrected chi connectivity index (χ4v) is 3.92. The third-order valence-electron chi connectivity index (χ3n) is 5.50. The number of carbonyl (C=O) groups is 2. The summed E-state index contributed by atoms with van der Waals surface area (Å²) in [4.78, 5) is 32.2. The number of carbonyl (C=O) groups excluding carboxylic acids is 2. The first-order chi connectivity index (χ1) is 14.3. The zero-order valence-corrected chi connectivity index (χ0v) is 15.9. The molecule has 0 aliphatic carbocycles. The van der Waals surface area contributed by atoms with Gasteiger partial charge >= 0.3 is 6.18 Å². The molecule has 0 bridgehead atoms. The van der Waals surface area contributed by atoms with Crippen molar-refractivity contribution in [3.63, 3.8) is 0 Å². The molecule has 8 heteroatoms. The molecule has 2 aliphatic heterocycles. The van der Waals surface area contributed by atoms with Gasteiger partial charge in [0.1, 0.15) is 12.5 Å². The van der Waals surface area contributed by atoms with Crippen LogP contribution < -0.4 is 0 Å². The van der Waals surface area contributed by atoms with Crippen LogP contribution in [-0.2, 0) is 33.6 Å². The Morgan fingerprint density at radius 3 is 2.57 bits per heavy atom. The maximum atomic E-state index is 12.8. The third kappa shape index (κ3) is 3.94. The van der Waals surface area contributed by atoms with Crippen LogP contribution in [0.1, 0.15) is 34.7 Å². The molecular formula is C22H19F3N2O3. The lowest BCUT2D eigenvalue weighted by Gasteiger charge is -2.41. The summed E-state index contributed by atoms with van der Waals surface area (Å²) < 4.78 is 37.7. The largest absolute Gasteiger partial charge is 0.416 e. The standard InChI is InChI=1S/C22H19F3N2O3/c23-22(24,25)16-7-5-14(6-8-16)13-30-26-12-18-20(28)11-19-17-4-2-1-3-15(17)9-10-27(19)21(18)29/h1-8,12,18-19H,9-11,13H2/b26-12-/t18-,19-/m1/s1. The summed E-state index contributed by atoms with van der Waals surface area (Å²) in [5, 5.41) is 3.73. The maximum Gasteiger partial charge on any atom is 0.416 e. The fraction of sp³-hybridized carbons (Fsp3) is 0.318. The molecule has 2 atom stereocenters. The highest BCUT2D eigenvalue weighted by Crippen LogP contribution is 2.37. The Balaban J connectivity index is 1.38. The Bertz CT molecular complexity index is 986. The van der Waals surface area contributed by atoms with Crippen molar-refractivity contribution in [3.8, 4) is 0 Å². The molecule has 1 saturated heterocycles. The van der Waals surface area contributed by atoms with Crippen molar-refractivity contribution >= 4 is 17.9 Å². The quantitative estimate of drug-likeness (QED) is 0.431. The summed E-state index contributed by atoms with van der Waals surface area (Å²) in [7, 11) is 0. The van der Waals surface area contributed by atoms with Gasteiger partial charge in [-0.2, -0.15) is 13.2 Å². The minimum atomic E-state index is -4.40. The number of amides is 1. The summed E-state index contributed by atoms with van der Waals surface area (Å²) in [6.45, 7) is 0.480. The van der Waals surface area contributed by atoms with Gasteiger partial charge in [-0.3, -0.25) is 9.59 Å². The molecule has 5 nitrogen and oxygen atoms in total. The van der Waals surface area contributed by atoms with Gasteiger partial charge < -0.3 is 9.74 Å². The highest BCUT2D eigenvalue weighted by atomic mass is 19.4. The molecular weight excluding hydrogens is 397 g/mol. The number of hydrogen-bond acceptors (Lipinski definition) is 4. The average Bonchev–Trinajstić information content (AvgIpc) is 2.72. The summed E-state index contributed by atoms with van der Waals surface area (Å²) in [6, 6.07) is 12.1. The number of alkyl halides is 3. The van der Waals surface area contributed by atoms with E-state index in [1.807, 2.05) is 24.3 Å². The van der Waals surface area contributed by atoms with E-state index in [9.17, 15) is 22.8 Å². The zero-order valence-electron chi connectivity index (χ0n) is 15.9. The first-order valence-corrected chi connectivity index (χ1v) is 9.57. The number of halogens is 3. The number of piperidine rings is 1. The number of hydrogen-bond donors (Lipinski definition) is 0. The molecule has 0 spiro atoms. The normalized spacial score (nSPS) is 21.5. The van der Waals surface area contributed by atoms with Crippen LogP contribution in [0.25, 0.3) is 0 Å². The molecule has 30 heavy (non-hydrogen) atoms. The van der Waals surface area contributed by atoms with Crippen LogP contribution in [0.5, 0.6) is 0 Å². The van der Waals surface area contributed by atoms with E-state index in [4.69, 9.17) is 4.84 Å². The van der Waals surface area contributed by atoms with Crippen molar-refractivity contribution in [2.45, 2.75) is 31.7 Å². The number of benzene rings is 2. The van der Waals surface area contributed by atoms with Gasteiger partial charge in [0.2, 0.25) is 5.91 Å². The number of fused-ring (bicyclic) bond motifs is 3. The van der Waals surface area contributed by atoms with Gasteiger partial charge in [-0.15, -0.1) is 0 Å². The van der Waals surface area contributed by atoms with Gasteiger partial charge in [-0.1, -0.05) is 41.6 Å². The van der Waals surface area contributed by atoms with E-state index in [0.717, 1.165) is 29.7 Å². The summed E-state index contributed by atoms with van der Waals surface area (Å²) in [6.07, 6.45) is -2.25. The van der Waals surface area contributed by atoms with E-state index in [1.165, 1.54) is 18.3 Å². The Morgan fingerprint density at radius 2 is 1.83 bits per heavy atom. The van der Waals surface area contributed by atoms with Crippen molar-refractivity contribution in [1.29, 1.82) is 0 Å². The van der Waals surface area contributed by atoms with Crippen LogP contribution >= 0.6 is 0 Å². The van der Waals surface area contributed by atoms with Crippen LogP contribution in [-0.4, -0.2) is 29.3 Å². The smallest absolute Gasteiger partial charge is 0.391 e. The van der Waals surface area contributed by atoms with Gasteiger partial charge in [-0.25, -0.2) is 0 Å². The molecule has 0 radical (unpaired) electrons. The molecule has 1 amide bonds. The number of rotatable bonds is 4. The minimum Gasteiger partial charge on any atom is -0.391 e. The van der Waals surface area contributed by atoms with Gasteiger partial charge in [-0.05, 0) is 35.2 Å². The minimum absolute atomic E-state index is 0.0660. The Hall–Kier alpha value is -3.16. The Morgan fingerprint density at radius 1 is 1.10 bits per heavy atom. The molecule has 2 aliphatic rings. The molecule has 0 aromatic heterocycles. The lowest BCUT2D eigenvalue weighted by molar-refractivity contribution is -0.146. The third-order valence-corrected chi connectivity index (χ3v) is 5.50. The molecule has 0 N–H and O–H groups in total. The van der Waals surface area contributed by atoms with E-state index in [2.05, 4.69) is 5.16 Å². The van der Waals surface area contributed by atoms with Crippen LogP contribution in [0.3, 0.4) is 0 Å². The molecule has 2 aromatic rings. The predicted octanol–water partition coefficient (Wildman–Crippen LogP) is 3.92. The molecule has 2 heterocycles. The highest BCUT2D eigenvalue weighted by Gasteiger charge is 2.43. The number of nitrogens with zero attached hydrogens (tertiary/aromatic N) is 2. The van der Waals surface area contributed by atoms with Crippen LogP contribution in [0.4, 0.5) is 13.2 Å². The SMILES string of the molecule is O=C1C[C@@H]2c3ccccc3CCN2C(=O)[C@@H]1/C=N\OCc1ccc(C(F)(F)F)cc1. The molecule has 1 fully saturated rings. The van der Waals surface area contributed by atoms with Crippen molar-refractivity contribution in [2.24, 2.45) is 11.1 Å². The van der Waals surface area contributed by atoms with Crippen molar-refractivity contribution in [3.05, 3.63) is 70.8 Å². The second kappa shape index (κ2) is 7.93. The van der Waals surface area contributed by atoms with Gasteiger partial charge in [0.25, 0.3) is 0 Å². The van der Waals surface area contributed by atoms with Gasteiger partial charge in [0.15, 0.2) is 5.78 Å². The monoisotopic (exact) mass is 416 g/mol. The van der Waals surface area contributed by atoms with Crippen molar-refractivity contribution in [2.75, 3.05) is 6.54 Å². The first kappa shape index (κ1) is 20.1. The summed E-state index contributed by atoms with van der Waals surface area (Å²) in [5.74, 6) is -1.52. The van der Waals surface area contributed by atoms with E-state index in [1.54, 1.807) is 4.90 Å². The molecule has 0 saturated carbocycles. The Kier molecular flexibility index (Phi) is 5.32. The summed E-state index contributed by atoms with van der Waals surface area (Å²) >= 11 is 0. The van der Waals surface area contributed by atoms with Crippen LogP contribution in [0.15, 0.2) is 53.7 Å². The van der Waals surface area contributed by atoms with Crippen LogP contribution in [0.2, 0.25) is 0 Å². The number of ketones is 1. The zero-order chi connectivity index (χ0) is 21.3. The second-order valence-electron chi connectivity index (χ2n) is 7.37. The van der Waals surface area contributed by atoms with Gasteiger partial charge in [0, 0.05) is 13.0 Å². The average molecular weight is 416 g/mol. The number of Topliss-reactive ketones (excluding diaryl/α,β-unsaturated/α-hetero) is 1. The van der Waals surface area contributed by atoms with Crippen molar-refractivity contribution in [1.82, 2.24) is 4.90 Å². The maximum absolute atomic E-state index is 12.8. The molecule has 4 rings (SSSR count). The lowest BCUT2D eigenvalue weighted by Crippen LogP contribution is -2.51. The topological polar surface area (TPSA) is 59.0 Å². The fourth-order valence-electron chi connectivity index (χ4n) is 3.92. The first-order valence-electron chi connectivity index (χ1n) is 9.57. The molecule has 0 unspecified atom stereocenters. The highest BCUT2D eigenvalue weighted by molar-refractivity contribution is 6.15. The molecule has 2 aromatic carbocycles. The molecule has 156 valence electrons. The van der Waals surface area contributed by atoms with E-state index in [-0.39, 0.29) is 30.8 Å². The predicted molar refractivity (Wildman–Crippen MR) is 102 cm³/mol. The lowest BCUT2D eigenvalue weighted by atomic mass is 9.82. The summed E-state index contributed by atoms with van der Waals surface area (Å²) in [5.41, 5.74) is 1.92. The van der Waals surface area contributed by atoms with Crippen LogP contribution in [0, 0.1) is 5.92 Å². The van der Waals surface area contributed by atoms with Gasteiger partial charge in [0.05, 0.1) is 17.8 Å². The number of oxime groups is 1.